The number of methoxy groups -OCH3 is 1. The van der Waals surface area contributed by atoms with Gasteiger partial charge in [-0.1, -0.05) is 0 Å². The van der Waals surface area contributed by atoms with Gasteiger partial charge in [0, 0.05) is 26.2 Å². The number of H-pyrrole nitrogens is 1. The Morgan fingerprint density at radius 2 is 2.32 bits per heavy atom. The van der Waals surface area contributed by atoms with Crippen LogP contribution < -0.4 is 5.32 Å². The number of carbonyl (C=O) groups is 1. The molecule has 1 aromatic rings. The van der Waals surface area contributed by atoms with Crippen molar-refractivity contribution in [2.24, 2.45) is 5.41 Å². The lowest BCUT2D eigenvalue weighted by molar-refractivity contribution is 0.0928. The van der Waals surface area contributed by atoms with Crippen molar-refractivity contribution in [1.82, 2.24) is 20.5 Å². The van der Waals surface area contributed by atoms with Crippen molar-refractivity contribution in [1.29, 1.82) is 0 Å². The number of ether oxygens (including phenoxy) is 1. The molecule has 3 rings (SSSR count). The Labute approximate surface area is 112 Å². The van der Waals surface area contributed by atoms with Crippen LogP contribution in [0.3, 0.4) is 0 Å². The highest BCUT2D eigenvalue weighted by Crippen LogP contribution is 2.48. The smallest absolute Gasteiger partial charge is 0.290 e. The zero-order chi connectivity index (χ0) is 13.3. The van der Waals surface area contributed by atoms with Gasteiger partial charge in [-0.25, -0.2) is 4.98 Å². The van der Waals surface area contributed by atoms with Crippen LogP contribution in [0.5, 0.6) is 0 Å². The Balaban J connectivity index is 1.50. The molecule has 1 amide bonds. The van der Waals surface area contributed by atoms with Crippen LogP contribution in [0.25, 0.3) is 0 Å². The fraction of sp³-hybridized carbons (Fsp3) is 0.769. The Morgan fingerprint density at radius 3 is 2.95 bits per heavy atom. The molecular weight excluding hydrogens is 244 g/mol. The summed E-state index contributed by atoms with van der Waals surface area (Å²) in [7, 11) is 1.71. The van der Waals surface area contributed by atoms with Gasteiger partial charge in [-0.05, 0) is 37.5 Å². The summed E-state index contributed by atoms with van der Waals surface area (Å²) in [6.45, 7) is 1.45. The first kappa shape index (κ1) is 12.6. The summed E-state index contributed by atoms with van der Waals surface area (Å²) in [6, 6.07) is 0. The number of aromatic amines is 1. The molecule has 2 aliphatic carbocycles. The van der Waals surface area contributed by atoms with Crippen molar-refractivity contribution in [3.63, 3.8) is 0 Å². The number of nitrogens with zero attached hydrogens (tertiary/aromatic N) is 2. The van der Waals surface area contributed by atoms with Gasteiger partial charge in [0.05, 0.1) is 0 Å². The van der Waals surface area contributed by atoms with Crippen molar-refractivity contribution < 1.29 is 9.53 Å². The predicted octanol–water partition coefficient (Wildman–Crippen LogP) is 1.23. The molecule has 104 valence electrons. The minimum atomic E-state index is -0.174. The molecule has 0 spiro atoms. The average Bonchev–Trinajstić information content (AvgIpc) is 3.35. The van der Waals surface area contributed by atoms with E-state index >= 15 is 0 Å². The highest BCUT2D eigenvalue weighted by molar-refractivity contribution is 5.90. The SMILES string of the molecule is COCCC1(CNC(=O)c2n[nH]c(C3CC3)n2)CC1. The van der Waals surface area contributed by atoms with Crippen LogP contribution >= 0.6 is 0 Å². The largest absolute Gasteiger partial charge is 0.385 e. The van der Waals surface area contributed by atoms with Crippen molar-refractivity contribution in [3.05, 3.63) is 11.6 Å². The molecule has 2 N–H and O–H groups in total. The average molecular weight is 264 g/mol. The fourth-order valence-corrected chi connectivity index (χ4v) is 2.27. The zero-order valence-electron chi connectivity index (χ0n) is 11.2. The third kappa shape index (κ3) is 2.94. The summed E-state index contributed by atoms with van der Waals surface area (Å²) in [6.07, 6.45) is 5.63. The quantitative estimate of drug-likeness (QED) is 0.776. The first-order valence-electron chi connectivity index (χ1n) is 6.92. The predicted molar refractivity (Wildman–Crippen MR) is 68.9 cm³/mol. The molecule has 0 atom stereocenters. The minimum absolute atomic E-state index is 0.174. The van der Waals surface area contributed by atoms with Crippen molar-refractivity contribution in [3.8, 4) is 0 Å². The summed E-state index contributed by atoms with van der Waals surface area (Å²) >= 11 is 0. The van der Waals surface area contributed by atoms with Gasteiger partial charge < -0.3 is 10.1 Å². The highest BCUT2D eigenvalue weighted by Gasteiger charge is 2.42. The van der Waals surface area contributed by atoms with Crippen LogP contribution in [0.2, 0.25) is 0 Å². The Morgan fingerprint density at radius 1 is 1.53 bits per heavy atom. The lowest BCUT2D eigenvalue weighted by atomic mass is 10.0. The third-order valence-corrected chi connectivity index (χ3v) is 4.09. The first-order chi connectivity index (χ1) is 9.22. The van der Waals surface area contributed by atoms with Gasteiger partial charge in [0.25, 0.3) is 5.91 Å². The van der Waals surface area contributed by atoms with E-state index in [1.807, 2.05) is 0 Å². The van der Waals surface area contributed by atoms with Crippen LogP contribution in [0, 0.1) is 5.41 Å². The standard InChI is InChI=1S/C13H20N4O2/c1-19-7-6-13(4-5-13)8-14-12(18)11-15-10(16-17-11)9-2-3-9/h9H,2-8H2,1H3,(H,14,18)(H,15,16,17). The fourth-order valence-electron chi connectivity index (χ4n) is 2.27. The van der Waals surface area contributed by atoms with Gasteiger partial charge in [0.1, 0.15) is 5.82 Å². The number of amides is 1. The van der Waals surface area contributed by atoms with Gasteiger partial charge in [-0.2, -0.15) is 0 Å². The van der Waals surface area contributed by atoms with E-state index in [9.17, 15) is 4.79 Å². The monoisotopic (exact) mass is 264 g/mol. The molecule has 0 aromatic carbocycles. The summed E-state index contributed by atoms with van der Waals surface area (Å²) in [4.78, 5) is 16.2. The zero-order valence-corrected chi connectivity index (χ0v) is 11.2. The molecule has 1 heterocycles. The van der Waals surface area contributed by atoms with Gasteiger partial charge in [0.15, 0.2) is 0 Å². The third-order valence-electron chi connectivity index (χ3n) is 4.09. The molecule has 0 bridgehead atoms. The Hall–Kier alpha value is -1.43. The van der Waals surface area contributed by atoms with Crippen LogP contribution in [-0.2, 0) is 4.74 Å². The number of rotatable bonds is 7. The molecule has 2 aliphatic rings. The molecule has 2 saturated carbocycles. The maximum Gasteiger partial charge on any atom is 0.290 e. The number of nitrogens with one attached hydrogen (secondary N) is 2. The van der Waals surface area contributed by atoms with Crippen LogP contribution in [-0.4, -0.2) is 41.3 Å². The minimum Gasteiger partial charge on any atom is -0.385 e. The molecule has 6 nitrogen and oxygen atoms in total. The van der Waals surface area contributed by atoms with Gasteiger partial charge in [-0.3, -0.25) is 9.89 Å². The van der Waals surface area contributed by atoms with Crippen molar-refractivity contribution >= 4 is 5.91 Å². The van der Waals surface area contributed by atoms with Gasteiger partial charge in [-0.15, -0.1) is 5.10 Å². The summed E-state index contributed by atoms with van der Waals surface area (Å²) in [5.41, 5.74) is 0.251. The maximum atomic E-state index is 12.0. The van der Waals surface area contributed by atoms with Gasteiger partial charge >= 0.3 is 0 Å². The number of hydrogen-bond donors (Lipinski definition) is 2. The van der Waals surface area contributed by atoms with E-state index in [0.29, 0.717) is 12.5 Å². The molecular formula is C13H20N4O2. The van der Waals surface area contributed by atoms with E-state index in [0.717, 1.165) is 44.5 Å². The second-order valence-electron chi connectivity index (χ2n) is 5.74. The molecule has 0 radical (unpaired) electrons. The molecule has 1 aromatic heterocycles. The number of aromatic nitrogens is 3. The number of hydrogen-bond acceptors (Lipinski definition) is 4. The highest BCUT2D eigenvalue weighted by atomic mass is 16.5. The molecule has 0 aliphatic heterocycles. The molecule has 2 fully saturated rings. The van der Waals surface area contributed by atoms with Gasteiger partial charge in [0.2, 0.25) is 5.82 Å². The summed E-state index contributed by atoms with van der Waals surface area (Å²) in [5.74, 6) is 1.44. The lowest BCUT2D eigenvalue weighted by Crippen LogP contribution is -2.31. The maximum absolute atomic E-state index is 12.0. The topological polar surface area (TPSA) is 79.9 Å². The van der Waals surface area contributed by atoms with E-state index < -0.39 is 0 Å². The summed E-state index contributed by atoms with van der Waals surface area (Å²) in [5, 5.41) is 9.79. The van der Waals surface area contributed by atoms with Crippen LogP contribution in [0.4, 0.5) is 0 Å². The van der Waals surface area contributed by atoms with E-state index in [1.54, 1.807) is 7.11 Å². The van der Waals surface area contributed by atoms with E-state index in [-0.39, 0.29) is 17.1 Å². The second kappa shape index (κ2) is 4.92. The van der Waals surface area contributed by atoms with E-state index in [1.165, 1.54) is 0 Å². The first-order valence-corrected chi connectivity index (χ1v) is 6.92. The number of carbonyl (C=O) groups excluding carboxylic acids is 1. The Kier molecular flexibility index (Phi) is 3.26. The molecule has 19 heavy (non-hydrogen) atoms. The van der Waals surface area contributed by atoms with Crippen molar-refractivity contribution in [2.75, 3.05) is 20.3 Å². The molecule has 0 saturated heterocycles. The molecule has 6 heteroatoms. The van der Waals surface area contributed by atoms with E-state index in [4.69, 9.17) is 4.74 Å². The Bertz CT molecular complexity index is 463. The second-order valence-corrected chi connectivity index (χ2v) is 5.74. The van der Waals surface area contributed by atoms with Crippen LogP contribution in [0.15, 0.2) is 0 Å². The van der Waals surface area contributed by atoms with Crippen LogP contribution in [0.1, 0.15) is 54.5 Å². The van der Waals surface area contributed by atoms with Crippen molar-refractivity contribution in [2.45, 2.75) is 38.0 Å². The lowest BCUT2D eigenvalue weighted by Gasteiger charge is -2.14. The normalized spacial score (nSPS) is 20.3. The molecule has 0 unspecified atom stereocenters. The van der Waals surface area contributed by atoms with E-state index in [2.05, 4.69) is 20.5 Å². The summed E-state index contributed by atoms with van der Waals surface area (Å²) < 4.78 is 5.10.